The van der Waals surface area contributed by atoms with Gasteiger partial charge in [0.2, 0.25) is 0 Å². The maximum atomic E-state index is 11.1. The van der Waals surface area contributed by atoms with Gasteiger partial charge in [-0.1, -0.05) is 90.4 Å². The van der Waals surface area contributed by atoms with Gasteiger partial charge < -0.3 is 15.3 Å². The number of carboxylic acid groups (broad SMARTS) is 3. The zero-order chi connectivity index (χ0) is 21.3. The Morgan fingerprint density at radius 2 is 0.929 bits per heavy atom. The quantitative estimate of drug-likeness (QED) is 0.139. The summed E-state index contributed by atoms with van der Waals surface area (Å²) in [6, 6.07) is 0. The number of carbonyl (C=O) groups is 3. The van der Waals surface area contributed by atoms with E-state index < -0.39 is 23.3 Å². The highest BCUT2D eigenvalue weighted by Gasteiger charge is 2.53. The van der Waals surface area contributed by atoms with Crippen LogP contribution in [0.1, 0.15) is 96.8 Å². The molecule has 1 atom stereocenters. The average molecular weight is 419 g/mol. The predicted octanol–water partition coefficient (Wildman–Crippen LogP) is 5.39. The summed E-state index contributed by atoms with van der Waals surface area (Å²) in [7, 11) is 0.0308. The van der Waals surface area contributed by atoms with Gasteiger partial charge in [-0.05, 0) is 12.6 Å². The van der Waals surface area contributed by atoms with Crippen LogP contribution < -0.4 is 0 Å². The van der Waals surface area contributed by atoms with Crippen LogP contribution in [0.25, 0.3) is 0 Å². The van der Waals surface area contributed by atoms with Crippen LogP contribution in [-0.2, 0) is 14.4 Å². The van der Waals surface area contributed by atoms with Gasteiger partial charge in [-0.3, -0.25) is 14.4 Å². The molecular formula is C21H39O6P. The lowest BCUT2D eigenvalue weighted by molar-refractivity contribution is -0.173. The largest absolute Gasteiger partial charge is 0.480 e. The summed E-state index contributed by atoms with van der Waals surface area (Å²) in [6.07, 6.45) is 17.9. The molecule has 28 heavy (non-hydrogen) atoms. The van der Waals surface area contributed by atoms with Crippen molar-refractivity contribution < 1.29 is 29.7 Å². The van der Waals surface area contributed by atoms with Gasteiger partial charge in [-0.25, -0.2) is 0 Å². The van der Waals surface area contributed by atoms with Crippen LogP contribution in [0.15, 0.2) is 0 Å². The van der Waals surface area contributed by atoms with E-state index in [2.05, 4.69) is 6.92 Å². The first kappa shape index (κ1) is 26.8. The third kappa shape index (κ3) is 11.0. The fourth-order valence-electron chi connectivity index (χ4n) is 3.22. The Hall–Kier alpha value is -1.16. The van der Waals surface area contributed by atoms with Crippen LogP contribution in [0.5, 0.6) is 0 Å². The Bertz CT molecular complexity index is 416. The van der Waals surface area contributed by atoms with E-state index in [4.69, 9.17) is 15.3 Å². The van der Waals surface area contributed by atoms with E-state index in [1.54, 1.807) is 0 Å². The Morgan fingerprint density at radius 1 is 0.607 bits per heavy atom. The molecule has 0 aliphatic carbocycles. The highest BCUT2D eigenvalue weighted by Crippen LogP contribution is 2.29. The van der Waals surface area contributed by atoms with Crippen LogP contribution in [0, 0.1) is 5.41 Å². The van der Waals surface area contributed by atoms with Gasteiger partial charge in [0.05, 0.1) is 0 Å². The lowest BCUT2D eigenvalue weighted by Gasteiger charge is -2.19. The van der Waals surface area contributed by atoms with Crippen molar-refractivity contribution in [3.63, 3.8) is 0 Å². The summed E-state index contributed by atoms with van der Waals surface area (Å²) in [4.78, 5) is 33.4. The highest BCUT2D eigenvalue weighted by atomic mass is 31.1. The monoisotopic (exact) mass is 418 g/mol. The fourth-order valence-corrected chi connectivity index (χ4v) is 4.73. The molecule has 0 radical (unpaired) electrons. The Balaban J connectivity index is 3.58. The second-order valence-corrected chi connectivity index (χ2v) is 8.95. The summed E-state index contributed by atoms with van der Waals surface area (Å²) in [5.74, 6) is -5.37. The maximum Gasteiger partial charge on any atom is 0.333 e. The molecule has 0 aromatic rings. The molecule has 7 heteroatoms. The molecule has 164 valence electrons. The van der Waals surface area contributed by atoms with E-state index >= 15 is 0 Å². The SMILES string of the molecule is CCCCCCCCCCCCCCCCPCC(C(=O)O)(C(=O)O)C(=O)O. The molecule has 0 aromatic heterocycles. The van der Waals surface area contributed by atoms with Crippen molar-refractivity contribution in [2.75, 3.05) is 12.3 Å². The van der Waals surface area contributed by atoms with Crippen molar-refractivity contribution in [2.45, 2.75) is 96.8 Å². The van der Waals surface area contributed by atoms with E-state index in [1.807, 2.05) is 0 Å². The van der Waals surface area contributed by atoms with Crippen LogP contribution in [0.4, 0.5) is 0 Å². The van der Waals surface area contributed by atoms with Gasteiger partial charge in [-0.15, -0.1) is 8.58 Å². The zero-order valence-corrected chi connectivity index (χ0v) is 18.4. The van der Waals surface area contributed by atoms with E-state index in [9.17, 15) is 14.4 Å². The average Bonchev–Trinajstić information content (AvgIpc) is 2.63. The third-order valence-electron chi connectivity index (χ3n) is 5.19. The highest BCUT2D eigenvalue weighted by molar-refractivity contribution is 7.38. The molecular weight excluding hydrogens is 379 g/mol. The summed E-state index contributed by atoms with van der Waals surface area (Å²) in [6.45, 7) is 2.24. The number of carboxylic acids is 3. The van der Waals surface area contributed by atoms with Crippen molar-refractivity contribution in [3.8, 4) is 0 Å². The minimum absolute atomic E-state index is 0.0308. The molecule has 0 aliphatic rings. The molecule has 1 unspecified atom stereocenters. The van der Waals surface area contributed by atoms with Gasteiger partial charge in [0.1, 0.15) is 0 Å². The second kappa shape index (κ2) is 16.8. The number of aliphatic carboxylic acids is 3. The topological polar surface area (TPSA) is 112 Å². The van der Waals surface area contributed by atoms with Gasteiger partial charge >= 0.3 is 17.9 Å². The maximum absolute atomic E-state index is 11.1. The van der Waals surface area contributed by atoms with Crippen molar-refractivity contribution in [1.82, 2.24) is 0 Å². The van der Waals surface area contributed by atoms with Crippen molar-refractivity contribution in [2.24, 2.45) is 5.41 Å². The van der Waals surface area contributed by atoms with E-state index in [-0.39, 0.29) is 14.7 Å². The summed E-state index contributed by atoms with van der Waals surface area (Å²) in [5, 5.41) is 27.1. The Labute approximate surface area is 171 Å². The van der Waals surface area contributed by atoms with Gasteiger partial charge in [0, 0.05) is 6.16 Å². The molecule has 0 spiro atoms. The predicted molar refractivity (Wildman–Crippen MR) is 114 cm³/mol. The number of unbranched alkanes of at least 4 members (excludes halogenated alkanes) is 13. The third-order valence-corrected chi connectivity index (χ3v) is 6.68. The van der Waals surface area contributed by atoms with E-state index in [1.165, 1.54) is 70.6 Å². The van der Waals surface area contributed by atoms with E-state index in [0.29, 0.717) is 6.16 Å². The molecule has 0 rings (SSSR count). The van der Waals surface area contributed by atoms with Crippen LogP contribution in [0.3, 0.4) is 0 Å². The molecule has 0 saturated heterocycles. The smallest absolute Gasteiger partial charge is 0.333 e. The van der Waals surface area contributed by atoms with Crippen LogP contribution in [0.2, 0.25) is 0 Å². The van der Waals surface area contributed by atoms with E-state index in [0.717, 1.165) is 19.3 Å². The molecule has 0 heterocycles. The molecule has 0 fully saturated rings. The first-order chi connectivity index (χ1) is 13.4. The van der Waals surface area contributed by atoms with Crippen LogP contribution >= 0.6 is 8.58 Å². The molecule has 0 amide bonds. The molecule has 6 nitrogen and oxygen atoms in total. The zero-order valence-electron chi connectivity index (χ0n) is 17.4. The lowest BCUT2D eigenvalue weighted by atomic mass is 9.91. The molecule has 3 N–H and O–H groups in total. The normalized spacial score (nSPS) is 11.9. The summed E-state index contributed by atoms with van der Waals surface area (Å²) >= 11 is 0. The number of hydrogen-bond acceptors (Lipinski definition) is 3. The fraction of sp³-hybridized carbons (Fsp3) is 0.857. The number of hydrogen-bond donors (Lipinski definition) is 3. The first-order valence-electron chi connectivity index (χ1n) is 10.8. The van der Waals surface area contributed by atoms with Crippen molar-refractivity contribution in [3.05, 3.63) is 0 Å². The van der Waals surface area contributed by atoms with Crippen LogP contribution in [-0.4, -0.2) is 45.6 Å². The van der Waals surface area contributed by atoms with Gasteiger partial charge in [0.15, 0.2) is 0 Å². The summed E-state index contributed by atoms with van der Waals surface area (Å²) < 4.78 is 0. The lowest BCUT2D eigenvalue weighted by Crippen LogP contribution is -2.48. The van der Waals surface area contributed by atoms with Crippen molar-refractivity contribution in [1.29, 1.82) is 0 Å². The molecule has 0 bridgehead atoms. The Morgan fingerprint density at radius 3 is 1.25 bits per heavy atom. The minimum Gasteiger partial charge on any atom is -0.480 e. The van der Waals surface area contributed by atoms with Crippen molar-refractivity contribution >= 4 is 26.5 Å². The first-order valence-corrected chi connectivity index (χ1v) is 12.2. The number of rotatable bonds is 20. The standard InChI is InChI=1S/C21H39O6P/c1-2-3-4-5-6-7-8-9-10-11-12-13-14-15-16-28-17-21(18(22)23,19(24)25)20(26)27/h28H,2-17H2,1H3,(H,22,23)(H,24,25)(H,26,27). The van der Waals surface area contributed by atoms with Gasteiger partial charge in [-0.2, -0.15) is 0 Å². The second-order valence-electron chi connectivity index (χ2n) is 7.59. The Kier molecular flexibility index (Phi) is 16.1. The summed E-state index contributed by atoms with van der Waals surface area (Å²) in [5.41, 5.74) is -2.70. The molecule has 0 aromatic carbocycles. The minimum atomic E-state index is -2.70. The molecule has 0 aliphatic heterocycles. The van der Waals surface area contributed by atoms with Gasteiger partial charge in [0.25, 0.3) is 5.41 Å². The molecule has 0 saturated carbocycles.